The first kappa shape index (κ1) is 17.5. The maximum Gasteiger partial charge on any atom is 0.162 e. The molecule has 0 fully saturated rings. The summed E-state index contributed by atoms with van der Waals surface area (Å²) in [6, 6.07) is 26.8. The third-order valence-corrected chi connectivity index (χ3v) is 6.11. The molecule has 2 aromatic heterocycles. The summed E-state index contributed by atoms with van der Waals surface area (Å²) in [5.41, 5.74) is 4.43. The van der Waals surface area contributed by atoms with Crippen LogP contribution in [0.2, 0.25) is 0 Å². The SMILES string of the molecule is COc1ccc(-c2nc3cc(Br)ccc3c3c2oc2ccc4ccccc4c23)cc1. The van der Waals surface area contributed by atoms with Gasteiger partial charge in [0.15, 0.2) is 5.58 Å². The first-order chi connectivity index (χ1) is 14.7. The lowest BCUT2D eigenvalue weighted by molar-refractivity contribution is 0.415. The van der Waals surface area contributed by atoms with Gasteiger partial charge in [-0.3, -0.25) is 0 Å². The monoisotopic (exact) mass is 453 g/mol. The number of hydrogen-bond donors (Lipinski definition) is 0. The van der Waals surface area contributed by atoms with Gasteiger partial charge in [-0.1, -0.05) is 52.3 Å². The summed E-state index contributed by atoms with van der Waals surface area (Å²) in [6.07, 6.45) is 0. The third-order valence-electron chi connectivity index (χ3n) is 5.62. The molecule has 0 unspecified atom stereocenters. The maximum atomic E-state index is 6.44. The molecule has 0 aliphatic carbocycles. The molecule has 4 heteroatoms. The van der Waals surface area contributed by atoms with E-state index in [1.165, 1.54) is 10.8 Å². The summed E-state index contributed by atoms with van der Waals surface area (Å²) in [7, 11) is 1.67. The fourth-order valence-electron chi connectivity index (χ4n) is 4.22. The Labute approximate surface area is 181 Å². The Bertz CT molecular complexity index is 1580. The zero-order valence-electron chi connectivity index (χ0n) is 16.1. The molecule has 0 N–H and O–H groups in total. The Hall–Kier alpha value is -3.37. The second kappa shape index (κ2) is 6.57. The molecule has 0 bridgehead atoms. The van der Waals surface area contributed by atoms with E-state index in [1.54, 1.807) is 7.11 Å². The van der Waals surface area contributed by atoms with Crippen molar-refractivity contribution >= 4 is 59.5 Å². The van der Waals surface area contributed by atoms with E-state index >= 15 is 0 Å². The number of furan rings is 1. The molecule has 3 nitrogen and oxygen atoms in total. The Morgan fingerprint density at radius 2 is 1.67 bits per heavy atom. The Balaban J connectivity index is 1.83. The van der Waals surface area contributed by atoms with Crippen LogP contribution in [0.3, 0.4) is 0 Å². The zero-order chi connectivity index (χ0) is 20.2. The van der Waals surface area contributed by atoms with Gasteiger partial charge in [-0.15, -0.1) is 0 Å². The number of benzene rings is 4. The highest BCUT2D eigenvalue weighted by molar-refractivity contribution is 9.10. The molecule has 6 aromatic rings. The van der Waals surface area contributed by atoms with Gasteiger partial charge in [0.1, 0.15) is 17.0 Å². The van der Waals surface area contributed by atoms with Gasteiger partial charge in [0.05, 0.1) is 12.6 Å². The molecule has 4 aromatic carbocycles. The zero-order valence-corrected chi connectivity index (χ0v) is 17.7. The Kier molecular flexibility index (Phi) is 3.83. The summed E-state index contributed by atoms with van der Waals surface area (Å²) in [5, 5.41) is 5.70. The van der Waals surface area contributed by atoms with Gasteiger partial charge in [-0.2, -0.15) is 0 Å². The van der Waals surface area contributed by atoms with E-state index in [0.29, 0.717) is 0 Å². The lowest BCUT2D eigenvalue weighted by Crippen LogP contribution is -1.89. The first-order valence-corrected chi connectivity index (χ1v) is 10.5. The number of nitrogens with zero attached hydrogens (tertiary/aromatic N) is 1. The molecule has 0 radical (unpaired) electrons. The van der Waals surface area contributed by atoms with Gasteiger partial charge in [0.2, 0.25) is 0 Å². The molecule has 30 heavy (non-hydrogen) atoms. The van der Waals surface area contributed by atoms with Crippen LogP contribution in [0.1, 0.15) is 0 Å². The van der Waals surface area contributed by atoms with Crippen molar-refractivity contribution in [3.63, 3.8) is 0 Å². The molecule has 0 aliphatic rings. The number of aromatic nitrogens is 1. The van der Waals surface area contributed by atoms with Gasteiger partial charge in [0, 0.05) is 26.2 Å². The van der Waals surface area contributed by atoms with Gasteiger partial charge in [-0.05, 0) is 53.2 Å². The van der Waals surface area contributed by atoms with Crippen molar-refractivity contribution in [2.75, 3.05) is 7.11 Å². The summed E-state index contributed by atoms with van der Waals surface area (Å²) in [6.45, 7) is 0. The van der Waals surface area contributed by atoms with E-state index in [-0.39, 0.29) is 0 Å². The van der Waals surface area contributed by atoms with Crippen LogP contribution in [0.25, 0.3) is 54.9 Å². The summed E-state index contributed by atoms with van der Waals surface area (Å²) in [5.74, 6) is 0.814. The second-order valence-corrected chi connectivity index (χ2v) is 8.23. The second-order valence-electron chi connectivity index (χ2n) is 7.32. The van der Waals surface area contributed by atoms with Gasteiger partial charge >= 0.3 is 0 Å². The molecule has 0 saturated carbocycles. The third kappa shape index (κ3) is 2.54. The van der Waals surface area contributed by atoms with E-state index in [9.17, 15) is 0 Å². The highest BCUT2D eigenvalue weighted by atomic mass is 79.9. The van der Waals surface area contributed by atoms with Gasteiger partial charge in [-0.25, -0.2) is 4.98 Å². The minimum atomic E-state index is 0.807. The van der Waals surface area contributed by atoms with Crippen LogP contribution < -0.4 is 4.74 Å². The predicted molar refractivity (Wildman–Crippen MR) is 126 cm³/mol. The average Bonchev–Trinajstić information content (AvgIpc) is 3.19. The highest BCUT2D eigenvalue weighted by Crippen LogP contribution is 2.42. The highest BCUT2D eigenvalue weighted by Gasteiger charge is 2.19. The van der Waals surface area contributed by atoms with Crippen LogP contribution in [0, 0.1) is 0 Å². The number of halogens is 1. The Morgan fingerprint density at radius 3 is 2.50 bits per heavy atom. The molecule has 144 valence electrons. The molecular formula is C26H16BrNO2. The van der Waals surface area contributed by atoms with E-state index in [0.717, 1.165) is 54.3 Å². The molecule has 0 aliphatic heterocycles. The maximum absolute atomic E-state index is 6.44. The molecular weight excluding hydrogens is 438 g/mol. The first-order valence-electron chi connectivity index (χ1n) is 9.70. The normalized spacial score (nSPS) is 11.7. The minimum absolute atomic E-state index is 0.807. The van der Waals surface area contributed by atoms with Crippen LogP contribution in [-0.4, -0.2) is 12.1 Å². The van der Waals surface area contributed by atoms with Crippen LogP contribution in [-0.2, 0) is 0 Å². The lowest BCUT2D eigenvalue weighted by atomic mass is 9.99. The van der Waals surface area contributed by atoms with E-state index < -0.39 is 0 Å². The van der Waals surface area contributed by atoms with Crippen molar-refractivity contribution in [3.05, 3.63) is 83.3 Å². The number of pyridine rings is 1. The predicted octanol–water partition coefficient (Wildman–Crippen LogP) is 7.73. The van der Waals surface area contributed by atoms with Crippen LogP contribution in [0.15, 0.2) is 87.8 Å². The van der Waals surface area contributed by atoms with Crippen LogP contribution in [0.4, 0.5) is 0 Å². The smallest absolute Gasteiger partial charge is 0.162 e. The molecule has 0 saturated heterocycles. The topological polar surface area (TPSA) is 35.3 Å². The standard InChI is InChI=1S/C26H16BrNO2/c1-29-18-10-6-16(7-11-18)25-26-24(20-12-9-17(27)14-21(20)28-25)23-19-5-3-2-4-15(19)8-13-22(23)30-26/h2-14H,1H3. The van der Waals surface area contributed by atoms with Crippen molar-refractivity contribution in [2.24, 2.45) is 0 Å². The Morgan fingerprint density at radius 1 is 0.833 bits per heavy atom. The molecule has 0 spiro atoms. The fourth-order valence-corrected chi connectivity index (χ4v) is 4.57. The quantitative estimate of drug-likeness (QED) is 0.269. The van der Waals surface area contributed by atoms with Gasteiger partial charge < -0.3 is 9.15 Å². The fraction of sp³-hybridized carbons (Fsp3) is 0.0385. The van der Waals surface area contributed by atoms with E-state index in [4.69, 9.17) is 14.1 Å². The number of fused-ring (bicyclic) bond motifs is 7. The van der Waals surface area contributed by atoms with Crippen molar-refractivity contribution in [1.82, 2.24) is 4.98 Å². The molecule has 2 heterocycles. The van der Waals surface area contributed by atoms with Crippen molar-refractivity contribution < 1.29 is 9.15 Å². The lowest BCUT2D eigenvalue weighted by Gasteiger charge is -2.08. The summed E-state index contributed by atoms with van der Waals surface area (Å²) in [4.78, 5) is 5.00. The van der Waals surface area contributed by atoms with Crippen LogP contribution >= 0.6 is 15.9 Å². The van der Waals surface area contributed by atoms with E-state index in [1.807, 2.05) is 24.3 Å². The average molecular weight is 454 g/mol. The number of rotatable bonds is 2. The van der Waals surface area contributed by atoms with E-state index in [2.05, 4.69) is 70.5 Å². The number of hydrogen-bond acceptors (Lipinski definition) is 3. The molecule has 0 amide bonds. The largest absolute Gasteiger partial charge is 0.497 e. The molecule has 6 rings (SSSR count). The minimum Gasteiger partial charge on any atom is -0.497 e. The summed E-state index contributed by atoms with van der Waals surface area (Å²) < 4.78 is 12.8. The molecule has 0 atom stereocenters. The number of ether oxygens (including phenoxy) is 1. The summed E-state index contributed by atoms with van der Waals surface area (Å²) >= 11 is 3.60. The number of methoxy groups -OCH3 is 1. The van der Waals surface area contributed by atoms with Crippen molar-refractivity contribution in [1.29, 1.82) is 0 Å². The van der Waals surface area contributed by atoms with Gasteiger partial charge in [0.25, 0.3) is 0 Å². The van der Waals surface area contributed by atoms with Crippen LogP contribution in [0.5, 0.6) is 5.75 Å². The van der Waals surface area contributed by atoms with Crippen molar-refractivity contribution in [3.8, 4) is 17.0 Å². The van der Waals surface area contributed by atoms with Crippen molar-refractivity contribution in [2.45, 2.75) is 0 Å².